The third kappa shape index (κ3) is 9.06. The molecule has 1 aliphatic carbocycles. The van der Waals surface area contributed by atoms with E-state index >= 15 is 0 Å². The molecule has 6 nitrogen and oxygen atoms in total. The Morgan fingerprint density at radius 1 is 1.05 bits per heavy atom. The van der Waals surface area contributed by atoms with Crippen molar-refractivity contribution in [3.05, 3.63) is 77.0 Å². The molecule has 1 aromatic heterocycles. The quantitative estimate of drug-likeness (QED) is 0.285. The van der Waals surface area contributed by atoms with Crippen LogP contribution in [-0.4, -0.2) is 40.7 Å². The normalized spacial score (nSPS) is 19.7. The fraction of sp³-hybridized carbons (Fsp3) is 0.514. The first-order valence-electron chi connectivity index (χ1n) is 16.3. The highest BCUT2D eigenvalue weighted by Crippen LogP contribution is 2.38. The van der Waals surface area contributed by atoms with E-state index in [1.54, 1.807) is 20.2 Å². The van der Waals surface area contributed by atoms with Gasteiger partial charge in [-0.3, -0.25) is 9.69 Å². The Hall–Kier alpha value is -3.38. The molecule has 232 valence electrons. The Balaban J connectivity index is 0.000000782. The van der Waals surface area contributed by atoms with E-state index in [2.05, 4.69) is 41.1 Å². The first kappa shape index (κ1) is 32.5. The van der Waals surface area contributed by atoms with Gasteiger partial charge < -0.3 is 14.6 Å². The van der Waals surface area contributed by atoms with E-state index in [1.807, 2.05) is 38.1 Å². The van der Waals surface area contributed by atoms with E-state index in [0.29, 0.717) is 18.3 Å². The van der Waals surface area contributed by atoms with Crippen molar-refractivity contribution < 1.29 is 19.4 Å². The van der Waals surface area contributed by atoms with Gasteiger partial charge in [0.1, 0.15) is 11.9 Å². The number of aliphatic carboxylic acids is 1. The molecule has 2 fully saturated rings. The molecule has 1 N–H and O–H groups in total. The number of rotatable bonds is 8. The second-order valence-electron chi connectivity index (χ2n) is 11.9. The third-order valence-electron chi connectivity index (χ3n) is 8.46. The topological polar surface area (TPSA) is 71.9 Å². The summed E-state index contributed by atoms with van der Waals surface area (Å²) in [6.45, 7) is 10.1. The summed E-state index contributed by atoms with van der Waals surface area (Å²) in [5.74, 6) is 0.296. The molecule has 1 saturated heterocycles. The van der Waals surface area contributed by atoms with Gasteiger partial charge >= 0.3 is 5.97 Å². The maximum Gasteiger partial charge on any atom is 0.306 e. The van der Waals surface area contributed by atoms with Crippen molar-refractivity contribution in [2.24, 2.45) is 5.92 Å². The van der Waals surface area contributed by atoms with E-state index in [0.717, 1.165) is 42.8 Å². The number of fused-ring (bicyclic) bond motifs is 1. The van der Waals surface area contributed by atoms with Crippen molar-refractivity contribution in [2.75, 3.05) is 13.7 Å². The van der Waals surface area contributed by atoms with Gasteiger partial charge in [0.25, 0.3) is 0 Å². The third-order valence-corrected chi connectivity index (χ3v) is 8.46. The Labute approximate surface area is 258 Å². The minimum Gasteiger partial charge on any atom is -0.485 e. The molecular formula is C37H50N2O4. The molecule has 43 heavy (non-hydrogen) atoms. The van der Waals surface area contributed by atoms with Crippen LogP contribution in [0.2, 0.25) is 0 Å². The van der Waals surface area contributed by atoms with Crippen molar-refractivity contribution in [3.63, 3.8) is 0 Å². The Kier molecular flexibility index (Phi) is 12.0. The minimum absolute atomic E-state index is 0.0341. The van der Waals surface area contributed by atoms with Crippen LogP contribution in [0.5, 0.6) is 11.6 Å². The number of pyridine rings is 1. The van der Waals surface area contributed by atoms with E-state index in [1.165, 1.54) is 60.8 Å². The molecule has 3 aromatic rings. The summed E-state index contributed by atoms with van der Waals surface area (Å²) in [5.41, 5.74) is 6.98. The standard InChI is InChI=1S/C32H38N2O4.C3H6.C2H6/c1-21(32(35)36)16-23-7-8-24-10-12-29(38-30(24)17-23)26-9-11-28(25-13-14-33-31(19-25)37-3)27(18-26)20-34-15-5-4-6-22(34)2;1-2-3-1;1-2/h7-9,11,13-14,17-19,21-22,29H,4-6,10,12,15-16,20H2,1-3H3,(H,35,36);1-3H2;1-2H3/t21?,22?,29-;;/m0../s1. The Bertz CT molecular complexity index is 1340. The number of benzene rings is 2. The number of ether oxygens (including phenoxy) is 2. The number of likely N-dealkylation sites (tertiary alicyclic amines) is 1. The number of hydrogen-bond donors (Lipinski definition) is 1. The van der Waals surface area contributed by atoms with Crippen LogP contribution >= 0.6 is 0 Å². The fourth-order valence-electron chi connectivity index (χ4n) is 5.74. The van der Waals surface area contributed by atoms with Gasteiger partial charge in [0.2, 0.25) is 5.88 Å². The van der Waals surface area contributed by atoms with Crippen LogP contribution in [0, 0.1) is 5.92 Å². The van der Waals surface area contributed by atoms with Gasteiger partial charge in [0.05, 0.1) is 13.0 Å². The Morgan fingerprint density at radius 2 is 1.84 bits per heavy atom. The lowest BCUT2D eigenvalue weighted by atomic mass is 9.91. The number of carboxylic acids is 1. The number of carbonyl (C=O) groups is 1. The second kappa shape index (κ2) is 15.9. The molecule has 1 saturated carbocycles. The monoisotopic (exact) mass is 586 g/mol. The van der Waals surface area contributed by atoms with Crippen LogP contribution in [-0.2, 0) is 24.2 Å². The molecule has 3 heterocycles. The van der Waals surface area contributed by atoms with E-state index in [4.69, 9.17) is 9.47 Å². The maximum absolute atomic E-state index is 11.3. The largest absolute Gasteiger partial charge is 0.485 e. The molecule has 6 rings (SSSR count). The fourth-order valence-corrected chi connectivity index (χ4v) is 5.74. The summed E-state index contributed by atoms with van der Waals surface area (Å²) in [6, 6.07) is 17.5. The summed E-state index contributed by atoms with van der Waals surface area (Å²) in [4.78, 5) is 18.2. The number of nitrogens with zero attached hydrogens (tertiary/aromatic N) is 2. The smallest absolute Gasteiger partial charge is 0.306 e. The van der Waals surface area contributed by atoms with Crippen molar-refractivity contribution >= 4 is 5.97 Å². The highest BCUT2D eigenvalue weighted by atomic mass is 16.5. The van der Waals surface area contributed by atoms with Crippen LogP contribution in [0.1, 0.15) is 101 Å². The summed E-state index contributed by atoms with van der Waals surface area (Å²) in [7, 11) is 1.65. The first-order valence-corrected chi connectivity index (χ1v) is 16.3. The van der Waals surface area contributed by atoms with E-state index in [9.17, 15) is 9.90 Å². The van der Waals surface area contributed by atoms with Gasteiger partial charge in [-0.05, 0) is 91.1 Å². The number of methoxy groups -OCH3 is 1. The van der Waals surface area contributed by atoms with Crippen LogP contribution < -0.4 is 9.47 Å². The zero-order valence-corrected chi connectivity index (χ0v) is 26.8. The minimum atomic E-state index is -0.774. The van der Waals surface area contributed by atoms with Crippen LogP contribution in [0.3, 0.4) is 0 Å². The number of carboxylic acid groups (broad SMARTS) is 1. The molecule has 6 heteroatoms. The van der Waals surface area contributed by atoms with Crippen LogP contribution in [0.25, 0.3) is 11.1 Å². The SMILES string of the molecule is C1CC1.CC.COc1cc(-c2ccc([C@@H]3CCc4ccc(CC(C)C(=O)O)cc4O3)cc2CN2CCCCC2C)ccn1. The first-order chi connectivity index (χ1) is 20.9. The van der Waals surface area contributed by atoms with Crippen molar-refractivity contribution in [3.8, 4) is 22.8 Å². The lowest BCUT2D eigenvalue weighted by molar-refractivity contribution is -0.141. The van der Waals surface area contributed by atoms with Gasteiger partial charge in [-0.1, -0.05) is 76.8 Å². The van der Waals surface area contributed by atoms with Gasteiger partial charge in [0.15, 0.2) is 0 Å². The van der Waals surface area contributed by atoms with Gasteiger partial charge in [-0.25, -0.2) is 4.98 Å². The number of aryl methyl sites for hydroxylation is 1. The van der Waals surface area contributed by atoms with Gasteiger partial charge in [-0.15, -0.1) is 0 Å². The molecule has 3 atom stereocenters. The van der Waals surface area contributed by atoms with Crippen molar-refractivity contribution in [1.29, 1.82) is 0 Å². The molecule has 3 aliphatic rings. The number of piperidine rings is 1. The lowest BCUT2D eigenvalue weighted by Crippen LogP contribution is -2.36. The predicted molar refractivity (Wildman–Crippen MR) is 174 cm³/mol. The highest BCUT2D eigenvalue weighted by Gasteiger charge is 2.25. The number of aromatic nitrogens is 1. The summed E-state index contributed by atoms with van der Waals surface area (Å²) >= 11 is 0. The maximum atomic E-state index is 11.3. The van der Waals surface area contributed by atoms with Crippen molar-refractivity contribution in [1.82, 2.24) is 9.88 Å². The zero-order valence-electron chi connectivity index (χ0n) is 26.8. The van der Waals surface area contributed by atoms with Crippen LogP contribution in [0.15, 0.2) is 54.7 Å². The number of hydrogen-bond acceptors (Lipinski definition) is 5. The second-order valence-corrected chi connectivity index (χ2v) is 11.9. The van der Waals surface area contributed by atoms with Crippen molar-refractivity contribution in [2.45, 2.75) is 104 Å². The zero-order chi connectivity index (χ0) is 30.8. The molecular weight excluding hydrogens is 536 g/mol. The average Bonchev–Trinajstić information content (AvgIpc) is 3.93. The van der Waals surface area contributed by atoms with E-state index < -0.39 is 11.9 Å². The molecule has 0 amide bonds. The van der Waals surface area contributed by atoms with Gasteiger partial charge in [-0.2, -0.15) is 0 Å². The molecule has 2 unspecified atom stereocenters. The molecule has 0 bridgehead atoms. The predicted octanol–water partition coefficient (Wildman–Crippen LogP) is 8.66. The molecule has 2 aromatic carbocycles. The molecule has 2 aliphatic heterocycles. The molecule has 0 radical (unpaired) electrons. The van der Waals surface area contributed by atoms with Gasteiger partial charge in [0, 0.05) is 24.8 Å². The summed E-state index contributed by atoms with van der Waals surface area (Å²) < 4.78 is 12.0. The van der Waals surface area contributed by atoms with Crippen LogP contribution in [0.4, 0.5) is 0 Å². The highest BCUT2D eigenvalue weighted by molar-refractivity contribution is 5.70. The summed E-state index contributed by atoms with van der Waals surface area (Å²) in [5, 5.41) is 9.32. The van der Waals surface area contributed by atoms with E-state index in [-0.39, 0.29) is 6.10 Å². The average molecular weight is 587 g/mol. The lowest BCUT2D eigenvalue weighted by Gasteiger charge is -2.34. The molecule has 0 spiro atoms. The Morgan fingerprint density at radius 3 is 2.53 bits per heavy atom. The summed E-state index contributed by atoms with van der Waals surface area (Å²) in [6.07, 6.45) is 12.4.